The monoisotopic (exact) mass is 214 g/mol. The summed E-state index contributed by atoms with van der Waals surface area (Å²) in [7, 11) is 2.08. The molecule has 0 bridgehead atoms. The molecule has 1 aliphatic heterocycles. The normalized spacial score (nSPS) is 20.4. The van der Waals surface area contributed by atoms with E-state index in [-0.39, 0.29) is 11.9 Å². The van der Waals surface area contributed by atoms with E-state index < -0.39 is 0 Å². The minimum absolute atomic E-state index is 0.221. The van der Waals surface area contributed by atoms with Gasteiger partial charge in [0, 0.05) is 6.04 Å². The average molecular weight is 214 g/mol. The molecule has 0 aliphatic carbocycles. The molecular weight excluding hydrogens is 195 g/mol. The fourth-order valence-electron chi connectivity index (χ4n) is 2.07. The minimum atomic E-state index is 0.221. The summed E-state index contributed by atoms with van der Waals surface area (Å²) in [4.78, 5) is 3.93. The predicted molar refractivity (Wildman–Crippen MR) is 60.0 cm³/mol. The van der Waals surface area contributed by atoms with Crippen LogP contribution in [0.2, 0.25) is 0 Å². The Morgan fingerprint density at radius 2 is 1.93 bits per heavy atom. The van der Waals surface area contributed by atoms with Crippen molar-refractivity contribution in [3.8, 4) is 0 Å². The molecule has 86 valence electrons. The topological polar surface area (TPSA) is 42.7 Å². The highest BCUT2D eigenvalue weighted by atomic mass is 19.2. The van der Waals surface area contributed by atoms with Gasteiger partial charge < -0.3 is 9.80 Å². The van der Waals surface area contributed by atoms with Gasteiger partial charge >= 0.3 is 0 Å². The van der Waals surface area contributed by atoms with E-state index in [1.165, 1.54) is 0 Å². The van der Waals surface area contributed by atoms with E-state index in [1.54, 1.807) is 18.7 Å². The first kappa shape index (κ1) is 12.1. The van der Waals surface area contributed by atoms with Gasteiger partial charge in [0.15, 0.2) is 0 Å². The van der Waals surface area contributed by atoms with Crippen LogP contribution >= 0.6 is 0 Å². The van der Waals surface area contributed by atoms with Crippen molar-refractivity contribution in [1.82, 2.24) is 9.80 Å². The third-order valence-corrected chi connectivity index (χ3v) is 2.89. The lowest BCUT2D eigenvalue weighted by molar-refractivity contribution is 0.209. The van der Waals surface area contributed by atoms with E-state index in [9.17, 15) is 4.48 Å². The number of likely N-dealkylation sites (tertiary alicyclic amines) is 1. The van der Waals surface area contributed by atoms with Crippen molar-refractivity contribution >= 4 is 11.7 Å². The molecule has 0 aromatic heterocycles. The molecule has 4 nitrogen and oxygen atoms in total. The molecular formula is C10H19FN4. The van der Waals surface area contributed by atoms with E-state index in [2.05, 4.69) is 17.2 Å². The molecule has 0 amide bonds. The molecule has 1 rings (SSSR count). The Bertz CT molecular complexity index is 256. The summed E-state index contributed by atoms with van der Waals surface area (Å²) in [6, 6.07) is 0.221. The molecule has 0 aromatic carbocycles. The van der Waals surface area contributed by atoms with Crippen molar-refractivity contribution in [1.29, 1.82) is 5.41 Å². The molecule has 0 saturated carbocycles. The van der Waals surface area contributed by atoms with E-state index in [4.69, 9.17) is 5.41 Å². The van der Waals surface area contributed by atoms with Crippen LogP contribution in [0.3, 0.4) is 0 Å². The van der Waals surface area contributed by atoms with Crippen LogP contribution in [0.4, 0.5) is 4.48 Å². The third kappa shape index (κ3) is 2.99. The van der Waals surface area contributed by atoms with Crippen molar-refractivity contribution < 1.29 is 4.48 Å². The molecule has 1 saturated heterocycles. The zero-order valence-corrected chi connectivity index (χ0v) is 9.63. The van der Waals surface area contributed by atoms with Crippen LogP contribution in [0.5, 0.6) is 0 Å². The molecule has 0 aromatic rings. The lowest BCUT2D eigenvalue weighted by Gasteiger charge is -2.37. The molecule has 1 aliphatic rings. The second kappa shape index (κ2) is 5.21. The molecule has 0 atom stereocenters. The molecule has 1 heterocycles. The van der Waals surface area contributed by atoms with E-state index >= 15 is 0 Å². The Hall–Kier alpha value is -0.970. The molecule has 15 heavy (non-hydrogen) atoms. The molecule has 1 N–H and O–H groups in total. The van der Waals surface area contributed by atoms with Crippen LogP contribution < -0.4 is 0 Å². The quantitative estimate of drug-likeness (QED) is 0.533. The van der Waals surface area contributed by atoms with Crippen LogP contribution in [-0.2, 0) is 0 Å². The molecule has 1 fully saturated rings. The van der Waals surface area contributed by atoms with Gasteiger partial charge in [-0.25, -0.2) is 0 Å². The number of hydrogen-bond donors (Lipinski definition) is 1. The zero-order chi connectivity index (χ0) is 11.4. The Morgan fingerprint density at radius 3 is 2.33 bits per heavy atom. The maximum absolute atomic E-state index is 12.3. The van der Waals surface area contributed by atoms with Crippen molar-refractivity contribution in [2.45, 2.75) is 32.7 Å². The van der Waals surface area contributed by atoms with Gasteiger partial charge in [0.25, 0.3) is 0 Å². The van der Waals surface area contributed by atoms with Crippen molar-refractivity contribution in [3.05, 3.63) is 0 Å². The smallest absolute Gasteiger partial charge is 0.140 e. The van der Waals surface area contributed by atoms with Gasteiger partial charge in [-0.05, 0) is 46.8 Å². The fourth-order valence-corrected chi connectivity index (χ4v) is 2.07. The average Bonchev–Trinajstić information content (AvgIpc) is 2.20. The number of nitrogens with one attached hydrogen (secondary N) is 1. The maximum Gasteiger partial charge on any atom is 0.140 e. The first-order chi connectivity index (χ1) is 7.06. The van der Waals surface area contributed by atoms with Crippen LogP contribution in [-0.4, -0.2) is 47.7 Å². The van der Waals surface area contributed by atoms with Crippen molar-refractivity contribution in [2.75, 3.05) is 20.1 Å². The fraction of sp³-hybridized carbons (Fsp3) is 0.800. The highest BCUT2D eigenvalue weighted by molar-refractivity contribution is 5.97. The van der Waals surface area contributed by atoms with Gasteiger partial charge in [-0.2, -0.15) is 0 Å². The third-order valence-electron chi connectivity index (χ3n) is 2.89. The molecule has 0 spiro atoms. The lowest BCUT2D eigenvalue weighted by atomic mass is 10.0. The standard InChI is InChI=1S/C10H19FN4/c1-8(12)15(9(2)13-11)10-4-6-14(3)7-5-10/h10,12H,4-7H2,1-3H3/b12-8?,13-9+. The Morgan fingerprint density at radius 1 is 1.40 bits per heavy atom. The first-order valence-corrected chi connectivity index (χ1v) is 5.24. The number of rotatable bonds is 1. The van der Waals surface area contributed by atoms with E-state index in [1.807, 2.05) is 0 Å². The van der Waals surface area contributed by atoms with Gasteiger partial charge in [0.05, 0.1) is 5.84 Å². The highest BCUT2D eigenvalue weighted by Crippen LogP contribution is 2.16. The molecule has 0 unspecified atom stereocenters. The highest BCUT2D eigenvalue weighted by Gasteiger charge is 2.25. The van der Waals surface area contributed by atoms with Gasteiger partial charge in [0.2, 0.25) is 0 Å². The SMILES string of the molecule is CC(=N)N(/C(C)=N/F)C1CCN(C)CC1. The summed E-state index contributed by atoms with van der Waals surface area (Å²) < 4.78 is 12.3. The maximum atomic E-state index is 12.3. The Balaban J connectivity index is 2.69. The summed E-state index contributed by atoms with van der Waals surface area (Å²) in [5.41, 5.74) is 0. The van der Waals surface area contributed by atoms with Gasteiger partial charge in [-0.1, -0.05) is 9.70 Å². The Labute approximate surface area is 90.2 Å². The first-order valence-electron chi connectivity index (χ1n) is 5.24. The van der Waals surface area contributed by atoms with Crippen LogP contribution in [0.1, 0.15) is 26.7 Å². The number of piperidine rings is 1. The lowest BCUT2D eigenvalue weighted by Crippen LogP contribution is -2.47. The largest absolute Gasteiger partial charge is 0.314 e. The summed E-state index contributed by atoms with van der Waals surface area (Å²) >= 11 is 0. The van der Waals surface area contributed by atoms with Crippen molar-refractivity contribution in [2.24, 2.45) is 5.21 Å². The van der Waals surface area contributed by atoms with Gasteiger partial charge in [-0.15, -0.1) is 0 Å². The van der Waals surface area contributed by atoms with Crippen molar-refractivity contribution in [3.63, 3.8) is 0 Å². The summed E-state index contributed by atoms with van der Waals surface area (Å²) in [6.07, 6.45) is 1.92. The zero-order valence-electron chi connectivity index (χ0n) is 9.63. The minimum Gasteiger partial charge on any atom is -0.314 e. The van der Waals surface area contributed by atoms with Crippen LogP contribution in [0.25, 0.3) is 0 Å². The number of halogens is 1. The van der Waals surface area contributed by atoms with Crippen LogP contribution in [0.15, 0.2) is 5.21 Å². The second-order valence-corrected chi connectivity index (χ2v) is 4.12. The van der Waals surface area contributed by atoms with Crippen LogP contribution in [0, 0.1) is 5.41 Å². The summed E-state index contributed by atoms with van der Waals surface area (Å²) in [6.45, 7) is 5.27. The van der Waals surface area contributed by atoms with E-state index in [0.29, 0.717) is 5.84 Å². The number of hydrogen-bond acceptors (Lipinski definition) is 3. The second-order valence-electron chi connectivity index (χ2n) is 4.12. The van der Waals surface area contributed by atoms with Gasteiger partial charge in [0.1, 0.15) is 5.84 Å². The predicted octanol–water partition coefficient (Wildman–Crippen LogP) is 1.68. The molecule has 0 radical (unpaired) electrons. The Kier molecular flexibility index (Phi) is 4.20. The van der Waals surface area contributed by atoms with Gasteiger partial charge in [-0.3, -0.25) is 5.41 Å². The summed E-state index contributed by atoms with van der Waals surface area (Å²) in [5, 5.41) is 10.3. The summed E-state index contributed by atoms with van der Waals surface area (Å²) in [5.74, 6) is 0.653. The molecule has 5 heteroatoms. The number of nitrogens with zero attached hydrogens (tertiary/aromatic N) is 3. The van der Waals surface area contributed by atoms with E-state index in [0.717, 1.165) is 25.9 Å². The number of amidine groups is 2.